The number of nitrogens with two attached hydrogens (primary N) is 1. The number of aliphatic carboxylic acids is 1. The Balaban J connectivity index is 1.43. The number of amides is 1. The normalized spacial score (nSPS) is 41.1. The van der Waals surface area contributed by atoms with Gasteiger partial charge < -0.3 is 30.4 Å². The molecule has 12 atom stereocenters. The van der Waals surface area contributed by atoms with E-state index in [1.807, 2.05) is 4.68 Å². The lowest BCUT2D eigenvalue weighted by Crippen LogP contribution is -2.69. The first-order valence-electron chi connectivity index (χ1n) is 20.3. The zero-order valence-corrected chi connectivity index (χ0v) is 34.5. The maximum Gasteiger partial charge on any atom is 0.307 e. The Labute approximate surface area is 317 Å². The Morgan fingerprint density at radius 3 is 2.47 bits per heavy atom. The summed E-state index contributed by atoms with van der Waals surface area (Å²) in [6.07, 6.45) is 9.31. The fourth-order valence-electron chi connectivity index (χ4n) is 12.5. The highest BCUT2D eigenvalue weighted by atomic mass is 16.5. The Bertz CT molecular complexity index is 1570. The number of hydrogen-bond acceptors (Lipinski definition) is 8. The molecule has 4 fully saturated rings. The Kier molecular flexibility index (Phi) is 10.6. The number of rotatable bonds is 12. The SMILES string of the molecule is COCCNC(=O)c1ncn([C@@H]2CC34COC[C@@](C)([C@@H]3CC[C@H]3C4=CC[C@@]4(C)[C@H](C(=O)O)[C@@](C)([C@H](C)C(C)C)CC[C@]34C)[C@H]2OC[C@](C)(N)C(C)C)n1. The summed E-state index contributed by atoms with van der Waals surface area (Å²) in [5.41, 5.74) is 6.21. The van der Waals surface area contributed by atoms with Gasteiger partial charge in [0.25, 0.3) is 5.91 Å². The molecule has 298 valence electrons. The number of nitrogens with one attached hydrogen (secondary N) is 1. The molecule has 2 bridgehead atoms. The number of carboxylic acids is 1. The molecular formula is C42H69N5O6. The van der Waals surface area contributed by atoms with Crippen LogP contribution in [0.2, 0.25) is 0 Å². The van der Waals surface area contributed by atoms with Crippen molar-refractivity contribution in [3.05, 3.63) is 23.8 Å². The molecule has 11 nitrogen and oxygen atoms in total. The number of nitrogens with zero attached hydrogens (tertiary/aromatic N) is 3. The zero-order valence-electron chi connectivity index (χ0n) is 34.5. The van der Waals surface area contributed by atoms with Gasteiger partial charge in [0.1, 0.15) is 6.33 Å². The van der Waals surface area contributed by atoms with Crippen molar-refractivity contribution in [3.8, 4) is 0 Å². The number of fused-ring (bicyclic) bond motifs is 3. The molecule has 5 aliphatic rings. The molecule has 4 N–H and O–H groups in total. The van der Waals surface area contributed by atoms with Crippen LogP contribution >= 0.6 is 0 Å². The molecule has 0 radical (unpaired) electrons. The van der Waals surface area contributed by atoms with Crippen molar-refractivity contribution in [2.24, 2.45) is 68.3 Å². The van der Waals surface area contributed by atoms with Crippen molar-refractivity contribution in [1.29, 1.82) is 0 Å². The smallest absolute Gasteiger partial charge is 0.307 e. The van der Waals surface area contributed by atoms with Crippen molar-refractivity contribution in [3.63, 3.8) is 0 Å². The number of carbonyl (C=O) groups is 2. The van der Waals surface area contributed by atoms with E-state index >= 15 is 0 Å². The Hall–Kier alpha value is -2.34. The summed E-state index contributed by atoms with van der Waals surface area (Å²) in [7, 11) is 1.60. The van der Waals surface area contributed by atoms with Crippen molar-refractivity contribution in [2.45, 2.75) is 125 Å². The average Bonchev–Trinajstić information content (AvgIpc) is 3.58. The second kappa shape index (κ2) is 14.0. The molecule has 1 aromatic heterocycles. The van der Waals surface area contributed by atoms with Crippen molar-refractivity contribution in [2.75, 3.05) is 40.1 Å². The van der Waals surface area contributed by atoms with Crippen LogP contribution in [0.1, 0.15) is 124 Å². The lowest BCUT2D eigenvalue weighted by Gasteiger charge is -2.71. The van der Waals surface area contributed by atoms with Gasteiger partial charge in [-0.1, -0.05) is 74.0 Å². The molecule has 1 unspecified atom stereocenters. The second-order valence-corrected chi connectivity index (χ2v) is 19.8. The second-order valence-electron chi connectivity index (χ2n) is 19.8. The summed E-state index contributed by atoms with van der Waals surface area (Å²) in [5, 5.41) is 18.8. The third kappa shape index (κ3) is 6.13. The Morgan fingerprint density at radius 1 is 1.11 bits per heavy atom. The first-order valence-corrected chi connectivity index (χ1v) is 20.3. The van der Waals surface area contributed by atoms with Crippen LogP contribution in [0.15, 0.2) is 18.0 Å². The molecule has 3 saturated carbocycles. The fraction of sp³-hybridized carbons (Fsp3) is 0.857. The maximum atomic E-state index is 13.5. The van der Waals surface area contributed by atoms with E-state index in [1.54, 1.807) is 13.4 Å². The fourth-order valence-corrected chi connectivity index (χ4v) is 12.5. The summed E-state index contributed by atoms with van der Waals surface area (Å²) in [5.74, 6) is 0.135. The number of methoxy groups -OCH3 is 1. The van der Waals surface area contributed by atoms with Crippen molar-refractivity contribution < 1.29 is 28.9 Å². The third-order valence-corrected chi connectivity index (χ3v) is 16.6. The first kappa shape index (κ1) is 40.3. The molecule has 0 spiro atoms. The van der Waals surface area contributed by atoms with Crippen LogP contribution in [0.5, 0.6) is 0 Å². The van der Waals surface area contributed by atoms with E-state index in [2.05, 4.69) is 85.6 Å². The molecule has 11 heteroatoms. The van der Waals surface area contributed by atoms with Gasteiger partial charge in [-0.25, -0.2) is 9.67 Å². The third-order valence-electron chi connectivity index (χ3n) is 16.6. The van der Waals surface area contributed by atoms with E-state index in [4.69, 9.17) is 25.0 Å². The van der Waals surface area contributed by atoms with Gasteiger partial charge in [-0.05, 0) is 91.3 Å². The Morgan fingerprint density at radius 2 is 1.83 bits per heavy atom. The van der Waals surface area contributed by atoms with Crippen LogP contribution in [0.4, 0.5) is 0 Å². The van der Waals surface area contributed by atoms with Gasteiger partial charge >= 0.3 is 5.97 Å². The van der Waals surface area contributed by atoms with E-state index in [-0.39, 0.29) is 63.3 Å². The highest BCUT2D eigenvalue weighted by Gasteiger charge is 2.72. The monoisotopic (exact) mass is 740 g/mol. The lowest BCUT2D eigenvalue weighted by atomic mass is 9.34. The minimum atomic E-state index is -0.648. The van der Waals surface area contributed by atoms with E-state index in [9.17, 15) is 14.7 Å². The van der Waals surface area contributed by atoms with Gasteiger partial charge in [-0.15, -0.1) is 5.10 Å². The van der Waals surface area contributed by atoms with E-state index in [1.165, 1.54) is 5.57 Å². The molecule has 4 aliphatic carbocycles. The van der Waals surface area contributed by atoms with E-state index < -0.39 is 22.8 Å². The highest BCUT2D eigenvalue weighted by Crippen LogP contribution is 2.75. The highest BCUT2D eigenvalue weighted by molar-refractivity contribution is 5.90. The van der Waals surface area contributed by atoms with Crippen LogP contribution in [-0.2, 0) is 19.0 Å². The van der Waals surface area contributed by atoms with E-state index in [0.29, 0.717) is 44.8 Å². The summed E-state index contributed by atoms with van der Waals surface area (Å²) in [6, 6.07) is -0.217. The summed E-state index contributed by atoms with van der Waals surface area (Å²) in [4.78, 5) is 31.1. The predicted octanol–water partition coefficient (Wildman–Crippen LogP) is 6.54. The van der Waals surface area contributed by atoms with Crippen molar-refractivity contribution in [1.82, 2.24) is 20.1 Å². The van der Waals surface area contributed by atoms with Gasteiger partial charge in [-0.3, -0.25) is 9.59 Å². The largest absolute Gasteiger partial charge is 0.481 e. The molecular weight excluding hydrogens is 670 g/mol. The van der Waals surface area contributed by atoms with Crippen LogP contribution < -0.4 is 11.1 Å². The summed E-state index contributed by atoms with van der Waals surface area (Å²) < 4.78 is 20.7. The molecule has 1 saturated heterocycles. The molecule has 1 amide bonds. The minimum absolute atomic E-state index is 0.124. The van der Waals surface area contributed by atoms with Gasteiger partial charge in [0.15, 0.2) is 0 Å². The molecule has 0 aromatic carbocycles. The van der Waals surface area contributed by atoms with Crippen molar-refractivity contribution >= 4 is 11.9 Å². The van der Waals surface area contributed by atoms with Crippen LogP contribution in [0, 0.1) is 62.6 Å². The predicted molar refractivity (Wildman–Crippen MR) is 204 cm³/mol. The van der Waals surface area contributed by atoms with Crippen LogP contribution in [-0.4, -0.2) is 83.5 Å². The van der Waals surface area contributed by atoms with Crippen LogP contribution in [0.3, 0.4) is 0 Å². The van der Waals surface area contributed by atoms with Gasteiger partial charge in [0.2, 0.25) is 5.82 Å². The maximum absolute atomic E-state index is 13.5. The molecule has 53 heavy (non-hydrogen) atoms. The topological polar surface area (TPSA) is 151 Å². The first-order chi connectivity index (χ1) is 24.7. The number of carboxylic acid groups (broad SMARTS) is 1. The van der Waals surface area contributed by atoms with E-state index in [0.717, 1.165) is 38.5 Å². The van der Waals surface area contributed by atoms with Gasteiger partial charge in [0, 0.05) is 30.0 Å². The number of ether oxygens (including phenoxy) is 3. The number of aromatic nitrogens is 3. The molecule has 6 rings (SSSR count). The number of hydrogen-bond donors (Lipinski definition) is 3. The zero-order chi connectivity index (χ0) is 38.9. The minimum Gasteiger partial charge on any atom is -0.481 e. The quantitative estimate of drug-likeness (QED) is 0.160. The van der Waals surface area contributed by atoms with Gasteiger partial charge in [0.05, 0.1) is 44.5 Å². The lowest BCUT2D eigenvalue weighted by molar-refractivity contribution is -0.252. The molecule has 2 heterocycles. The summed E-state index contributed by atoms with van der Waals surface area (Å²) in [6.45, 7) is 24.7. The summed E-state index contributed by atoms with van der Waals surface area (Å²) >= 11 is 0. The average molecular weight is 740 g/mol. The molecule has 1 aliphatic heterocycles. The van der Waals surface area contributed by atoms with Gasteiger partial charge in [-0.2, -0.15) is 0 Å². The number of carbonyl (C=O) groups excluding carboxylic acids is 1. The standard InChI is InChI=1S/C42H69N5O6/c1-25(2)27(5)37(6)16-17-39(8)28-12-13-31-38(7)21-52-23-42(31,29(28)14-15-40(39,9)32(37)36(49)50)20-30(33(38)53-22-41(10,43)26(3)4)47-24-45-34(46-47)35(48)44-18-19-51-11/h14,24-28,30-33H,12-13,15-23,43H2,1-11H3,(H,44,48)(H,49,50)/t27-,28+,30-,31+,32-,33+,37-,38+,39-,40+,41+,42?/m1/s1. The number of allylic oxidation sites excluding steroid dienone is 1. The van der Waals surface area contributed by atoms with Crippen LogP contribution in [0.25, 0.3) is 0 Å². The molecule has 1 aromatic rings.